The lowest BCUT2D eigenvalue weighted by Crippen LogP contribution is -2.22. The largest absolute Gasteiger partial charge is 0.228 e. The molecule has 0 fully saturated rings. The third-order valence-electron chi connectivity index (χ3n) is 11.0. The van der Waals surface area contributed by atoms with Crippen LogP contribution in [-0.2, 0) is 5.41 Å². The van der Waals surface area contributed by atoms with Gasteiger partial charge in [0.15, 0.2) is 5.82 Å². The molecule has 0 radical (unpaired) electrons. The average Bonchev–Trinajstić information content (AvgIpc) is 3.48. The molecule has 0 saturated carbocycles. The Morgan fingerprint density at radius 3 is 1.79 bits per heavy atom. The molecule has 0 spiro atoms. The van der Waals surface area contributed by atoms with Crippen LogP contribution in [0.15, 0.2) is 188 Å². The quantitative estimate of drug-likeness (QED) is 0.183. The maximum absolute atomic E-state index is 5.23. The van der Waals surface area contributed by atoms with Gasteiger partial charge in [0.25, 0.3) is 0 Å². The first-order chi connectivity index (χ1) is 25.6. The molecule has 1 unspecified atom stereocenters. The van der Waals surface area contributed by atoms with E-state index >= 15 is 0 Å². The highest BCUT2D eigenvalue weighted by Crippen LogP contribution is 2.53. The lowest BCUT2D eigenvalue weighted by Gasteiger charge is -2.28. The van der Waals surface area contributed by atoms with E-state index in [1.807, 2.05) is 18.2 Å². The van der Waals surface area contributed by atoms with Gasteiger partial charge in [-0.3, -0.25) is 0 Å². The molecule has 1 aromatic heterocycles. The zero-order valence-corrected chi connectivity index (χ0v) is 28.8. The fraction of sp³-hybridized carbons (Fsp3) is 0.0400. The van der Waals surface area contributed by atoms with Crippen molar-refractivity contribution in [1.29, 1.82) is 0 Å². The molecule has 2 nitrogen and oxygen atoms in total. The van der Waals surface area contributed by atoms with E-state index in [1.54, 1.807) is 0 Å². The summed E-state index contributed by atoms with van der Waals surface area (Å²) in [6, 6.07) is 67.6. The predicted molar refractivity (Wildman–Crippen MR) is 216 cm³/mol. The van der Waals surface area contributed by atoms with Crippen LogP contribution in [0.4, 0.5) is 0 Å². The number of fused-ring (bicyclic) bond motifs is 5. The Balaban J connectivity index is 1.15. The Hall–Kier alpha value is -6.64. The Bertz CT molecular complexity index is 2800. The van der Waals surface area contributed by atoms with Crippen LogP contribution in [0.5, 0.6) is 0 Å². The van der Waals surface area contributed by atoms with Gasteiger partial charge >= 0.3 is 0 Å². The van der Waals surface area contributed by atoms with Crippen LogP contribution in [0.1, 0.15) is 23.6 Å². The van der Waals surface area contributed by atoms with E-state index in [4.69, 9.17) is 9.97 Å². The predicted octanol–water partition coefficient (Wildman–Crippen LogP) is 12.8. The second-order valence-corrected chi connectivity index (χ2v) is 13.9. The van der Waals surface area contributed by atoms with Gasteiger partial charge in [-0.15, -0.1) is 0 Å². The summed E-state index contributed by atoms with van der Waals surface area (Å²) in [5, 5.41) is 4.77. The van der Waals surface area contributed by atoms with Crippen LogP contribution in [0.2, 0.25) is 0 Å². The van der Waals surface area contributed by atoms with Gasteiger partial charge in [-0.05, 0) is 85.6 Å². The van der Waals surface area contributed by atoms with E-state index in [-0.39, 0.29) is 5.41 Å². The maximum atomic E-state index is 5.23. The standard InChI is InChI=1S/C50H34N2/c1-50(38-18-6-3-7-19-38)45-23-13-12-22-42(45)43-27-26-36(31-46(43)50)39-28-29-44(41-21-11-10-20-40(39)41)48-32-47(51-49(52-48)34-15-4-2-5-16-34)37-25-24-33-14-8-9-17-35(33)30-37/h2-32H,1H3. The molecule has 10 rings (SSSR count). The molecule has 1 aliphatic rings. The first kappa shape index (κ1) is 30.2. The number of benzene rings is 8. The Morgan fingerprint density at radius 2 is 0.962 bits per heavy atom. The van der Waals surface area contributed by atoms with Gasteiger partial charge < -0.3 is 0 Å². The topological polar surface area (TPSA) is 25.8 Å². The lowest BCUT2D eigenvalue weighted by molar-refractivity contribution is 0.714. The van der Waals surface area contributed by atoms with Crippen LogP contribution in [-0.4, -0.2) is 9.97 Å². The summed E-state index contributed by atoms with van der Waals surface area (Å²) in [5.74, 6) is 0.716. The molecule has 1 heterocycles. The molecular weight excluding hydrogens is 629 g/mol. The van der Waals surface area contributed by atoms with Crippen molar-refractivity contribution in [2.45, 2.75) is 12.3 Å². The highest BCUT2D eigenvalue weighted by molar-refractivity contribution is 6.05. The van der Waals surface area contributed by atoms with Crippen LogP contribution in [0.3, 0.4) is 0 Å². The molecule has 9 aromatic rings. The summed E-state index contributed by atoms with van der Waals surface area (Å²) in [6.45, 7) is 2.38. The van der Waals surface area contributed by atoms with Crippen molar-refractivity contribution in [3.63, 3.8) is 0 Å². The summed E-state index contributed by atoms with van der Waals surface area (Å²) >= 11 is 0. The highest BCUT2D eigenvalue weighted by atomic mass is 14.9. The molecule has 1 aliphatic carbocycles. The Kier molecular flexibility index (Phi) is 6.97. The number of hydrogen-bond acceptors (Lipinski definition) is 2. The van der Waals surface area contributed by atoms with Crippen molar-refractivity contribution in [3.05, 3.63) is 205 Å². The minimum atomic E-state index is -0.257. The van der Waals surface area contributed by atoms with Crippen molar-refractivity contribution < 1.29 is 0 Å². The Morgan fingerprint density at radius 1 is 0.365 bits per heavy atom. The summed E-state index contributed by atoms with van der Waals surface area (Å²) in [6.07, 6.45) is 0. The van der Waals surface area contributed by atoms with Crippen LogP contribution in [0.25, 0.3) is 77.7 Å². The van der Waals surface area contributed by atoms with Crippen LogP contribution < -0.4 is 0 Å². The van der Waals surface area contributed by atoms with E-state index < -0.39 is 0 Å². The Labute approximate surface area is 303 Å². The van der Waals surface area contributed by atoms with Gasteiger partial charge in [0.1, 0.15) is 0 Å². The van der Waals surface area contributed by atoms with Gasteiger partial charge in [0.2, 0.25) is 0 Å². The smallest absolute Gasteiger partial charge is 0.160 e. The zero-order valence-electron chi connectivity index (χ0n) is 28.8. The van der Waals surface area contributed by atoms with Crippen molar-refractivity contribution in [2.24, 2.45) is 0 Å². The number of aromatic nitrogens is 2. The summed E-state index contributed by atoms with van der Waals surface area (Å²) in [5.41, 5.74) is 13.7. The van der Waals surface area contributed by atoms with Crippen molar-refractivity contribution >= 4 is 21.5 Å². The molecule has 0 bridgehead atoms. The fourth-order valence-electron chi connectivity index (χ4n) is 8.31. The second kappa shape index (κ2) is 12.0. The maximum Gasteiger partial charge on any atom is 0.160 e. The van der Waals surface area contributed by atoms with E-state index in [2.05, 4.69) is 177 Å². The molecule has 0 aliphatic heterocycles. The number of hydrogen-bond donors (Lipinski definition) is 0. The molecule has 0 amide bonds. The monoisotopic (exact) mass is 662 g/mol. The second-order valence-electron chi connectivity index (χ2n) is 13.9. The molecule has 2 heteroatoms. The summed E-state index contributed by atoms with van der Waals surface area (Å²) < 4.78 is 0. The van der Waals surface area contributed by atoms with E-state index in [0.717, 1.165) is 33.5 Å². The van der Waals surface area contributed by atoms with Crippen LogP contribution >= 0.6 is 0 Å². The molecule has 8 aromatic carbocycles. The average molecular weight is 663 g/mol. The fourth-order valence-corrected chi connectivity index (χ4v) is 8.31. The third-order valence-corrected chi connectivity index (χ3v) is 11.0. The molecule has 0 N–H and O–H groups in total. The zero-order chi connectivity index (χ0) is 34.6. The third kappa shape index (κ3) is 4.80. The van der Waals surface area contributed by atoms with Gasteiger partial charge in [-0.2, -0.15) is 0 Å². The van der Waals surface area contributed by atoms with Gasteiger partial charge in [-0.1, -0.05) is 170 Å². The molecule has 52 heavy (non-hydrogen) atoms. The lowest BCUT2D eigenvalue weighted by atomic mass is 9.74. The first-order valence-electron chi connectivity index (χ1n) is 17.9. The van der Waals surface area contributed by atoms with Gasteiger partial charge in [0, 0.05) is 22.1 Å². The minimum absolute atomic E-state index is 0.257. The number of nitrogens with zero attached hydrogens (tertiary/aromatic N) is 2. The van der Waals surface area contributed by atoms with E-state index in [9.17, 15) is 0 Å². The summed E-state index contributed by atoms with van der Waals surface area (Å²) in [7, 11) is 0. The van der Waals surface area contributed by atoms with Crippen LogP contribution in [0, 0.1) is 0 Å². The summed E-state index contributed by atoms with van der Waals surface area (Å²) in [4.78, 5) is 10.4. The van der Waals surface area contributed by atoms with Gasteiger partial charge in [-0.25, -0.2) is 9.97 Å². The van der Waals surface area contributed by atoms with Gasteiger partial charge in [0.05, 0.1) is 11.4 Å². The van der Waals surface area contributed by atoms with Crippen molar-refractivity contribution in [3.8, 4) is 56.2 Å². The van der Waals surface area contributed by atoms with Crippen molar-refractivity contribution in [2.75, 3.05) is 0 Å². The number of rotatable bonds is 5. The highest BCUT2D eigenvalue weighted by Gasteiger charge is 2.40. The molecule has 0 saturated heterocycles. The molecular formula is C50H34N2. The van der Waals surface area contributed by atoms with E-state index in [1.165, 1.54) is 55.1 Å². The van der Waals surface area contributed by atoms with Crippen molar-refractivity contribution in [1.82, 2.24) is 9.97 Å². The van der Waals surface area contributed by atoms with E-state index in [0.29, 0.717) is 5.82 Å². The normalized spacial score (nSPS) is 14.7. The molecule has 244 valence electrons. The minimum Gasteiger partial charge on any atom is -0.228 e. The first-order valence-corrected chi connectivity index (χ1v) is 17.9. The SMILES string of the molecule is CC1(c2ccccc2)c2ccccc2-c2ccc(-c3ccc(-c4cc(-c5ccc6ccccc6c5)nc(-c5ccccc5)n4)c4ccccc34)cc21. The molecule has 1 atom stereocenters.